The van der Waals surface area contributed by atoms with Crippen LogP contribution in [0.2, 0.25) is 0 Å². The minimum Gasteiger partial charge on any atom is -0.490 e. The van der Waals surface area contributed by atoms with Crippen molar-refractivity contribution in [3.63, 3.8) is 0 Å². The Balaban J connectivity index is 1.39. The van der Waals surface area contributed by atoms with Gasteiger partial charge < -0.3 is 19.3 Å². The smallest absolute Gasteiger partial charge is 0.161 e. The lowest BCUT2D eigenvalue weighted by atomic mass is 9.76. The van der Waals surface area contributed by atoms with Crippen molar-refractivity contribution in [1.29, 1.82) is 0 Å². The molecule has 2 bridgehead atoms. The van der Waals surface area contributed by atoms with E-state index in [0.29, 0.717) is 39.3 Å². The molecule has 0 radical (unpaired) electrons. The first-order valence-electron chi connectivity index (χ1n) is 10.2. The van der Waals surface area contributed by atoms with Crippen molar-refractivity contribution < 1.29 is 19.3 Å². The number of morpholine rings is 1. The fraction of sp³-hybridized carbons (Fsp3) is 0.478. The monoisotopic (exact) mass is 381 g/mol. The van der Waals surface area contributed by atoms with Crippen molar-refractivity contribution in [1.82, 2.24) is 4.90 Å². The summed E-state index contributed by atoms with van der Waals surface area (Å²) in [6.07, 6.45) is 2.20. The van der Waals surface area contributed by atoms with Crippen molar-refractivity contribution in [2.24, 2.45) is 0 Å². The molecule has 2 unspecified atom stereocenters. The Morgan fingerprint density at radius 1 is 0.929 bits per heavy atom. The molecule has 0 amide bonds. The molecule has 28 heavy (non-hydrogen) atoms. The van der Waals surface area contributed by atoms with Gasteiger partial charge in [0.25, 0.3) is 0 Å². The van der Waals surface area contributed by atoms with Gasteiger partial charge in [-0.05, 0) is 36.1 Å². The van der Waals surface area contributed by atoms with Gasteiger partial charge in [-0.15, -0.1) is 0 Å². The number of aliphatic hydroxyl groups is 1. The van der Waals surface area contributed by atoms with E-state index in [1.54, 1.807) is 0 Å². The maximum atomic E-state index is 11.6. The third kappa shape index (κ3) is 3.39. The van der Waals surface area contributed by atoms with Gasteiger partial charge in [-0.3, -0.25) is 4.90 Å². The summed E-state index contributed by atoms with van der Waals surface area (Å²) < 4.78 is 17.4. The zero-order chi connectivity index (χ0) is 19.0. The van der Waals surface area contributed by atoms with E-state index in [4.69, 9.17) is 14.2 Å². The fourth-order valence-corrected chi connectivity index (χ4v) is 4.79. The van der Waals surface area contributed by atoms with Gasteiger partial charge in [0.2, 0.25) is 0 Å². The van der Waals surface area contributed by atoms with Gasteiger partial charge in [0.15, 0.2) is 11.5 Å². The molecule has 0 saturated carbocycles. The maximum Gasteiger partial charge on any atom is 0.161 e. The lowest BCUT2D eigenvalue weighted by Gasteiger charge is -2.52. The molecular weight excluding hydrogens is 354 g/mol. The number of benzene rings is 2. The third-order valence-electron chi connectivity index (χ3n) is 6.20. The summed E-state index contributed by atoms with van der Waals surface area (Å²) in [4.78, 5) is 2.51. The van der Waals surface area contributed by atoms with Crippen LogP contribution in [0.25, 0.3) is 0 Å². The molecule has 0 spiro atoms. The second-order valence-electron chi connectivity index (χ2n) is 8.15. The molecule has 2 atom stereocenters. The molecule has 0 aliphatic carbocycles. The van der Waals surface area contributed by atoms with Gasteiger partial charge in [0.1, 0.15) is 0 Å². The Morgan fingerprint density at radius 2 is 1.64 bits per heavy atom. The molecule has 5 rings (SSSR count). The maximum absolute atomic E-state index is 11.6. The average Bonchev–Trinajstić information content (AvgIpc) is 2.94. The van der Waals surface area contributed by atoms with Crippen LogP contribution in [-0.2, 0) is 16.9 Å². The van der Waals surface area contributed by atoms with E-state index in [2.05, 4.69) is 29.2 Å². The van der Waals surface area contributed by atoms with Crippen LogP contribution < -0.4 is 9.47 Å². The number of rotatable bonds is 3. The SMILES string of the molecule is OC1(c2ccc3c(c2)OCCCO3)CC2COCC(C1)N2Cc1ccccc1. The lowest BCUT2D eigenvalue weighted by molar-refractivity contribution is -0.149. The Morgan fingerprint density at radius 3 is 2.39 bits per heavy atom. The molecular formula is C23H27NO4. The second-order valence-corrected chi connectivity index (χ2v) is 8.15. The van der Waals surface area contributed by atoms with E-state index < -0.39 is 5.60 Å². The number of ether oxygens (including phenoxy) is 3. The summed E-state index contributed by atoms with van der Waals surface area (Å²) in [6.45, 7) is 3.55. The number of nitrogens with zero attached hydrogens (tertiary/aromatic N) is 1. The predicted molar refractivity (Wildman–Crippen MR) is 106 cm³/mol. The Hall–Kier alpha value is -2.08. The molecule has 3 heterocycles. The number of fused-ring (bicyclic) bond motifs is 3. The van der Waals surface area contributed by atoms with Crippen LogP contribution in [0.3, 0.4) is 0 Å². The summed E-state index contributed by atoms with van der Waals surface area (Å²) >= 11 is 0. The van der Waals surface area contributed by atoms with Gasteiger partial charge in [0, 0.05) is 25.0 Å². The highest BCUT2D eigenvalue weighted by atomic mass is 16.5. The van der Waals surface area contributed by atoms with Crippen molar-refractivity contribution in [3.8, 4) is 11.5 Å². The average molecular weight is 381 g/mol. The van der Waals surface area contributed by atoms with Crippen molar-refractivity contribution in [3.05, 3.63) is 59.7 Å². The number of hydrogen-bond donors (Lipinski definition) is 1. The van der Waals surface area contributed by atoms with Crippen LogP contribution in [0.1, 0.15) is 30.4 Å². The zero-order valence-corrected chi connectivity index (χ0v) is 16.0. The van der Waals surface area contributed by atoms with Crippen LogP contribution in [0.5, 0.6) is 11.5 Å². The van der Waals surface area contributed by atoms with Gasteiger partial charge >= 0.3 is 0 Å². The van der Waals surface area contributed by atoms with Gasteiger partial charge in [-0.1, -0.05) is 36.4 Å². The molecule has 2 aromatic carbocycles. The molecule has 1 N–H and O–H groups in total. The summed E-state index contributed by atoms with van der Waals surface area (Å²) in [7, 11) is 0. The number of hydrogen-bond acceptors (Lipinski definition) is 5. The van der Waals surface area contributed by atoms with Crippen molar-refractivity contribution >= 4 is 0 Å². The highest BCUT2D eigenvalue weighted by Crippen LogP contribution is 2.44. The van der Waals surface area contributed by atoms with E-state index >= 15 is 0 Å². The van der Waals surface area contributed by atoms with E-state index in [1.165, 1.54) is 5.56 Å². The zero-order valence-electron chi connectivity index (χ0n) is 16.0. The predicted octanol–water partition coefficient (Wildman–Crippen LogP) is 3.10. The van der Waals surface area contributed by atoms with E-state index in [-0.39, 0.29) is 12.1 Å². The second kappa shape index (κ2) is 7.39. The van der Waals surface area contributed by atoms with Crippen molar-refractivity contribution in [2.75, 3.05) is 26.4 Å². The Kier molecular flexibility index (Phi) is 4.75. The van der Waals surface area contributed by atoms with Crippen LogP contribution in [0.15, 0.2) is 48.5 Å². The van der Waals surface area contributed by atoms with Gasteiger partial charge in [-0.2, -0.15) is 0 Å². The summed E-state index contributed by atoms with van der Waals surface area (Å²) in [5.41, 5.74) is 1.37. The van der Waals surface area contributed by atoms with Gasteiger partial charge in [-0.25, -0.2) is 0 Å². The first-order valence-corrected chi connectivity index (χ1v) is 10.2. The minimum absolute atomic E-state index is 0.202. The van der Waals surface area contributed by atoms with Crippen LogP contribution in [-0.4, -0.2) is 48.5 Å². The topological polar surface area (TPSA) is 51.2 Å². The number of piperidine rings is 1. The summed E-state index contributed by atoms with van der Waals surface area (Å²) in [5, 5.41) is 11.6. The Bertz CT molecular complexity index is 811. The fourth-order valence-electron chi connectivity index (χ4n) is 4.79. The van der Waals surface area contributed by atoms with Crippen molar-refractivity contribution in [2.45, 2.75) is 43.5 Å². The third-order valence-corrected chi connectivity index (χ3v) is 6.20. The molecule has 3 aliphatic heterocycles. The van der Waals surface area contributed by atoms with Crippen LogP contribution in [0, 0.1) is 0 Å². The minimum atomic E-state index is -0.864. The van der Waals surface area contributed by atoms with E-state index in [1.807, 2.05) is 24.3 Å². The molecule has 5 nitrogen and oxygen atoms in total. The molecule has 3 aliphatic rings. The molecule has 2 aromatic rings. The normalized spacial score (nSPS) is 29.9. The van der Waals surface area contributed by atoms with E-state index in [9.17, 15) is 5.11 Å². The molecule has 5 heteroatoms. The standard InChI is InChI=1S/C23H27NO4/c25-23(18-7-8-21-22(11-18)28-10-4-9-27-21)12-19-15-26-16-20(13-23)24(19)14-17-5-2-1-3-6-17/h1-3,5-8,11,19-20,25H,4,9-10,12-16H2. The molecule has 148 valence electrons. The summed E-state index contributed by atoms with van der Waals surface area (Å²) in [6, 6.07) is 16.9. The highest BCUT2D eigenvalue weighted by molar-refractivity contribution is 5.45. The lowest BCUT2D eigenvalue weighted by Crippen LogP contribution is -2.60. The quantitative estimate of drug-likeness (QED) is 0.885. The first kappa shape index (κ1) is 18.0. The summed E-state index contributed by atoms with van der Waals surface area (Å²) in [5.74, 6) is 1.52. The highest BCUT2D eigenvalue weighted by Gasteiger charge is 2.47. The molecule has 2 fully saturated rings. The van der Waals surface area contributed by atoms with Gasteiger partial charge in [0.05, 0.1) is 32.0 Å². The van der Waals surface area contributed by atoms with Crippen LogP contribution >= 0.6 is 0 Å². The Labute approximate surface area is 165 Å². The van der Waals surface area contributed by atoms with Crippen LogP contribution in [0.4, 0.5) is 0 Å². The molecule has 0 aromatic heterocycles. The first-order chi connectivity index (χ1) is 13.7. The van der Waals surface area contributed by atoms with E-state index in [0.717, 1.165) is 30.0 Å². The molecule has 2 saturated heterocycles. The largest absolute Gasteiger partial charge is 0.490 e.